The Morgan fingerprint density at radius 1 is 1.59 bits per heavy atom. The summed E-state index contributed by atoms with van der Waals surface area (Å²) in [7, 11) is -4.29. The monoisotopic (exact) mass is 279 g/mol. The van der Waals surface area contributed by atoms with E-state index >= 15 is 0 Å². The first kappa shape index (κ1) is 13.6. The van der Waals surface area contributed by atoms with Crippen molar-refractivity contribution in [3.8, 4) is 0 Å². The highest BCUT2D eigenvalue weighted by Crippen LogP contribution is 2.20. The normalized spacial score (nSPS) is 12.5. The Morgan fingerprint density at radius 3 is 2.65 bits per heavy atom. The fraction of sp³-hybridized carbons (Fsp3) is 0.250. The van der Waals surface area contributed by atoms with Crippen LogP contribution in [0.1, 0.15) is 11.8 Å². The largest absolute Gasteiger partial charge is 0.459 e. The number of hydrogen-bond acceptors (Lipinski definition) is 7. The van der Waals surface area contributed by atoms with E-state index in [4.69, 9.17) is 9.76 Å². The number of carbonyl (C=O) groups excluding carboxylic acids is 1. The van der Waals surface area contributed by atoms with Crippen molar-refractivity contribution >= 4 is 33.1 Å². The highest BCUT2D eigenvalue weighted by molar-refractivity contribution is 7.86. The Labute approximate surface area is 101 Å². The number of nitrogens with zero attached hydrogens (tertiary/aromatic N) is 1. The van der Waals surface area contributed by atoms with Crippen LogP contribution < -0.4 is 0 Å². The maximum absolute atomic E-state index is 10.8. The summed E-state index contributed by atoms with van der Waals surface area (Å²) in [5.41, 5.74) is 0.0000926. The number of carbonyl (C=O) groups is 1. The summed E-state index contributed by atoms with van der Waals surface area (Å²) in [6, 6.07) is 1.12. The van der Waals surface area contributed by atoms with Crippen LogP contribution in [0.4, 0.5) is 0 Å². The highest BCUT2D eigenvalue weighted by atomic mass is 32.2. The summed E-state index contributed by atoms with van der Waals surface area (Å²) >= 11 is 0.940. The average Bonchev–Trinajstić information content (AvgIpc) is 2.67. The first-order valence-corrected chi connectivity index (χ1v) is 6.57. The molecule has 0 unspecified atom stereocenters. The van der Waals surface area contributed by atoms with Crippen LogP contribution in [-0.2, 0) is 19.6 Å². The zero-order chi connectivity index (χ0) is 13.1. The van der Waals surface area contributed by atoms with Gasteiger partial charge in [0, 0.05) is 12.3 Å². The summed E-state index contributed by atoms with van der Waals surface area (Å²) in [6.45, 7) is 0.907. The SMILES string of the molecule is CC(=O)OC/C(=N\O)c1cc(S(=O)(=O)O)cs1. The molecule has 2 N–H and O–H groups in total. The Morgan fingerprint density at radius 2 is 2.24 bits per heavy atom. The van der Waals surface area contributed by atoms with Gasteiger partial charge in [-0.3, -0.25) is 9.35 Å². The smallest absolute Gasteiger partial charge is 0.303 e. The standard InChI is InChI=1S/C8H9NO6S2/c1-5(10)15-3-7(9-11)8-2-6(4-16-8)17(12,13)14/h2,4,11H,3H2,1H3,(H,12,13,14)/b9-7+. The van der Waals surface area contributed by atoms with Crippen molar-refractivity contribution in [3.63, 3.8) is 0 Å². The molecule has 7 nitrogen and oxygen atoms in total. The van der Waals surface area contributed by atoms with E-state index in [1.807, 2.05) is 0 Å². The lowest BCUT2D eigenvalue weighted by molar-refractivity contribution is -0.139. The third-order valence-corrected chi connectivity index (χ3v) is 3.65. The molecule has 0 radical (unpaired) electrons. The van der Waals surface area contributed by atoms with E-state index in [1.54, 1.807) is 0 Å². The average molecular weight is 279 g/mol. The number of hydrogen-bond donors (Lipinski definition) is 2. The van der Waals surface area contributed by atoms with Crippen LogP contribution >= 0.6 is 11.3 Å². The minimum atomic E-state index is -4.29. The van der Waals surface area contributed by atoms with Crippen LogP contribution in [0.3, 0.4) is 0 Å². The maximum Gasteiger partial charge on any atom is 0.303 e. The van der Waals surface area contributed by atoms with Gasteiger partial charge in [-0.15, -0.1) is 11.3 Å². The number of thiophene rings is 1. The summed E-state index contributed by atoms with van der Waals surface area (Å²) in [6.07, 6.45) is 0. The molecule has 0 fully saturated rings. The molecule has 1 aromatic rings. The van der Waals surface area contributed by atoms with Gasteiger partial charge in [-0.1, -0.05) is 5.16 Å². The van der Waals surface area contributed by atoms with Crippen molar-refractivity contribution in [1.82, 2.24) is 0 Å². The third-order valence-electron chi connectivity index (χ3n) is 1.69. The lowest BCUT2D eigenvalue weighted by Gasteiger charge is -2.01. The van der Waals surface area contributed by atoms with Gasteiger partial charge in [0.05, 0.1) is 4.88 Å². The van der Waals surface area contributed by atoms with Gasteiger partial charge < -0.3 is 9.94 Å². The fourth-order valence-corrected chi connectivity index (χ4v) is 2.64. The molecule has 0 saturated carbocycles. The van der Waals surface area contributed by atoms with Crippen LogP contribution in [0.2, 0.25) is 0 Å². The van der Waals surface area contributed by atoms with Crippen molar-refractivity contribution in [2.75, 3.05) is 6.61 Å². The van der Waals surface area contributed by atoms with E-state index in [0.717, 1.165) is 17.4 Å². The van der Waals surface area contributed by atoms with E-state index in [-0.39, 0.29) is 22.1 Å². The predicted octanol–water partition coefficient (Wildman–Crippen LogP) is 0.736. The van der Waals surface area contributed by atoms with Crippen molar-refractivity contribution in [1.29, 1.82) is 0 Å². The Kier molecular flexibility index (Phi) is 4.21. The van der Waals surface area contributed by atoms with Crippen molar-refractivity contribution in [3.05, 3.63) is 16.3 Å². The summed E-state index contributed by atoms with van der Waals surface area (Å²) < 4.78 is 35.0. The van der Waals surface area contributed by atoms with Crippen LogP contribution in [0, 0.1) is 0 Å². The van der Waals surface area contributed by atoms with Gasteiger partial charge in [-0.2, -0.15) is 8.42 Å². The third kappa shape index (κ3) is 3.80. The van der Waals surface area contributed by atoms with Gasteiger partial charge in [0.1, 0.15) is 17.2 Å². The number of esters is 1. The van der Waals surface area contributed by atoms with Gasteiger partial charge in [-0.25, -0.2) is 0 Å². The minimum Gasteiger partial charge on any atom is -0.459 e. The van der Waals surface area contributed by atoms with E-state index < -0.39 is 16.1 Å². The van der Waals surface area contributed by atoms with Gasteiger partial charge in [0.15, 0.2) is 0 Å². The predicted molar refractivity (Wildman–Crippen MR) is 59.1 cm³/mol. The second-order valence-corrected chi connectivity index (χ2v) is 5.28. The highest BCUT2D eigenvalue weighted by Gasteiger charge is 2.16. The van der Waals surface area contributed by atoms with E-state index in [9.17, 15) is 13.2 Å². The van der Waals surface area contributed by atoms with Crippen LogP contribution in [0.25, 0.3) is 0 Å². The zero-order valence-corrected chi connectivity index (χ0v) is 10.3. The lowest BCUT2D eigenvalue weighted by atomic mass is 10.3. The second kappa shape index (κ2) is 5.25. The van der Waals surface area contributed by atoms with Gasteiger partial charge in [-0.05, 0) is 6.07 Å². The summed E-state index contributed by atoms with van der Waals surface area (Å²) in [5.74, 6) is -0.558. The molecule has 1 aromatic heterocycles. The molecule has 17 heavy (non-hydrogen) atoms. The topological polar surface area (TPSA) is 113 Å². The number of oxime groups is 1. The summed E-state index contributed by atoms with van der Waals surface area (Å²) in [5, 5.41) is 12.8. The molecule has 0 aliphatic carbocycles. The molecule has 1 heterocycles. The van der Waals surface area contributed by atoms with Crippen molar-refractivity contribution in [2.24, 2.45) is 5.16 Å². The molecular weight excluding hydrogens is 270 g/mol. The first-order chi connectivity index (χ1) is 7.84. The first-order valence-electron chi connectivity index (χ1n) is 4.25. The molecule has 0 aromatic carbocycles. The molecule has 0 spiro atoms. The van der Waals surface area contributed by atoms with Gasteiger partial charge in [0.2, 0.25) is 0 Å². The van der Waals surface area contributed by atoms with Crippen molar-refractivity contribution in [2.45, 2.75) is 11.8 Å². The number of rotatable bonds is 4. The van der Waals surface area contributed by atoms with E-state index in [0.29, 0.717) is 0 Å². The van der Waals surface area contributed by atoms with E-state index in [2.05, 4.69) is 9.89 Å². The number of ether oxygens (including phenoxy) is 1. The second-order valence-electron chi connectivity index (χ2n) is 2.95. The van der Waals surface area contributed by atoms with Crippen LogP contribution in [-0.4, -0.2) is 36.5 Å². The molecule has 0 atom stereocenters. The molecule has 0 amide bonds. The molecule has 0 aliphatic rings. The molecule has 0 aliphatic heterocycles. The van der Waals surface area contributed by atoms with Crippen LogP contribution in [0.5, 0.6) is 0 Å². The molecule has 94 valence electrons. The molecule has 0 saturated heterocycles. The van der Waals surface area contributed by atoms with E-state index in [1.165, 1.54) is 12.3 Å². The lowest BCUT2D eigenvalue weighted by Crippen LogP contribution is -2.12. The van der Waals surface area contributed by atoms with Gasteiger partial charge >= 0.3 is 5.97 Å². The Bertz CT molecular complexity index is 544. The summed E-state index contributed by atoms with van der Waals surface area (Å²) in [4.78, 5) is 10.5. The molecule has 0 bridgehead atoms. The molecule has 1 rings (SSSR count). The quantitative estimate of drug-likeness (QED) is 0.276. The maximum atomic E-state index is 10.8. The zero-order valence-electron chi connectivity index (χ0n) is 8.65. The Hall–Kier alpha value is -1.45. The molecular formula is C8H9NO6S2. The Balaban J connectivity index is 2.92. The van der Waals surface area contributed by atoms with Crippen molar-refractivity contribution < 1.29 is 27.7 Å². The molecule has 9 heteroatoms. The van der Waals surface area contributed by atoms with Gasteiger partial charge in [0.25, 0.3) is 10.1 Å². The minimum absolute atomic E-state index is 0.0000926. The fourth-order valence-electron chi connectivity index (χ4n) is 0.925. The van der Waals surface area contributed by atoms with Crippen LogP contribution in [0.15, 0.2) is 21.5 Å².